The normalized spacial score (nSPS) is 16.7. The second kappa shape index (κ2) is 11.2. The van der Waals surface area contributed by atoms with Gasteiger partial charge in [-0.3, -0.25) is 9.69 Å². The van der Waals surface area contributed by atoms with Crippen molar-refractivity contribution in [1.29, 1.82) is 0 Å². The van der Waals surface area contributed by atoms with Crippen LogP contribution in [0.1, 0.15) is 37.8 Å². The third kappa shape index (κ3) is 6.61. The van der Waals surface area contributed by atoms with Crippen LogP contribution in [0.3, 0.4) is 0 Å². The standard InChI is InChI=1S/C24H30ClN3O4/c1-16(18-4-3-5-21(14-18)32-20-8-6-19(25)7-9-20)28-12-10-17(11-13-28)22(27-24(30)31)15-23(29)26-2/h3-9,14,16-17,22,27H,10-13,15H2,1-2H3,(H,26,29)(H,30,31). The summed E-state index contributed by atoms with van der Waals surface area (Å²) in [4.78, 5) is 25.4. The molecule has 0 aliphatic carbocycles. The van der Waals surface area contributed by atoms with Crippen LogP contribution in [0.25, 0.3) is 0 Å². The maximum Gasteiger partial charge on any atom is 0.404 e. The van der Waals surface area contributed by atoms with Gasteiger partial charge in [0.2, 0.25) is 5.91 Å². The molecule has 0 bridgehead atoms. The third-order valence-electron chi connectivity index (χ3n) is 6.07. The molecule has 172 valence electrons. The molecular formula is C24H30ClN3O4. The summed E-state index contributed by atoms with van der Waals surface area (Å²) in [5.41, 5.74) is 1.15. The monoisotopic (exact) mass is 459 g/mol. The van der Waals surface area contributed by atoms with Gasteiger partial charge in [0.15, 0.2) is 0 Å². The lowest BCUT2D eigenvalue weighted by Gasteiger charge is -2.39. The van der Waals surface area contributed by atoms with Crippen molar-refractivity contribution in [3.63, 3.8) is 0 Å². The molecular weight excluding hydrogens is 430 g/mol. The summed E-state index contributed by atoms with van der Waals surface area (Å²) in [6.45, 7) is 3.83. The second-order valence-electron chi connectivity index (χ2n) is 8.11. The maximum absolute atomic E-state index is 11.8. The molecule has 1 aliphatic heterocycles. The summed E-state index contributed by atoms with van der Waals surface area (Å²) in [5.74, 6) is 1.47. The van der Waals surface area contributed by atoms with Crippen molar-refractivity contribution in [1.82, 2.24) is 15.5 Å². The van der Waals surface area contributed by atoms with E-state index in [-0.39, 0.29) is 30.3 Å². The molecule has 2 amide bonds. The molecule has 2 atom stereocenters. The molecule has 1 aliphatic rings. The molecule has 2 unspecified atom stereocenters. The molecule has 2 aromatic carbocycles. The quantitative estimate of drug-likeness (QED) is 0.533. The summed E-state index contributed by atoms with van der Waals surface area (Å²) in [5, 5.41) is 14.9. The highest BCUT2D eigenvalue weighted by molar-refractivity contribution is 6.30. The Bertz CT molecular complexity index is 914. The van der Waals surface area contributed by atoms with Gasteiger partial charge in [-0.05, 0) is 80.7 Å². The number of carbonyl (C=O) groups excluding carboxylic acids is 1. The third-order valence-corrected chi connectivity index (χ3v) is 6.33. The first-order valence-electron chi connectivity index (χ1n) is 10.8. The zero-order valence-electron chi connectivity index (χ0n) is 18.4. The first-order chi connectivity index (χ1) is 15.4. The molecule has 7 nitrogen and oxygen atoms in total. The maximum atomic E-state index is 11.8. The predicted molar refractivity (Wildman–Crippen MR) is 124 cm³/mol. The number of ether oxygens (including phenoxy) is 1. The Balaban J connectivity index is 1.60. The van der Waals surface area contributed by atoms with E-state index in [1.165, 1.54) is 0 Å². The smallest absolute Gasteiger partial charge is 0.404 e. The van der Waals surface area contributed by atoms with E-state index in [0.29, 0.717) is 5.02 Å². The fourth-order valence-corrected chi connectivity index (χ4v) is 4.32. The molecule has 1 heterocycles. The lowest BCUT2D eigenvalue weighted by atomic mass is 9.86. The minimum absolute atomic E-state index is 0.131. The molecule has 0 radical (unpaired) electrons. The highest BCUT2D eigenvalue weighted by Crippen LogP contribution is 2.31. The van der Waals surface area contributed by atoms with E-state index >= 15 is 0 Å². The van der Waals surface area contributed by atoms with Crippen LogP contribution < -0.4 is 15.4 Å². The number of likely N-dealkylation sites (tertiary alicyclic amines) is 1. The Kier molecular flexibility index (Phi) is 8.36. The van der Waals surface area contributed by atoms with Gasteiger partial charge in [0.25, 0.3) is 0 Å². The van der Waals surface area contributed by atoms with E-state index in [1.54, 1.807) is 19.2 Å². The number of hydrogen-bond acceptors (Lipinski definition) is 4. The predicted octanol–water partition coefficient (Wildman–Crippen LogP) is 4.68. The van der Waals surface area contributed by atoms with Gasteiger partial charge in [0.1, 0.15) is 11.5 Å². The number of rotatable bonds is 8. The van der Waals surface area contributed by atoms with E-state index in [2.05, 4.69) is 28.5 Å². The van der Waals surface area contributed by atoms with Crippen LogP contribution in [-0.2, 0) is 4.79 Å². The summed E-state index contributed by atoms with van der Waals surface area (Å²) in [6.07, 6.45) is 0.723. The van der Waals surface area contributed by atoms with Crippen LogP contribution in [0.2, 0.25) is 5.02 Å². The summed E-state index contributed by atoms with van der Waals surface area (Å²) in [7, 11) is 1.56. The fraction of sp³-hybridized carbons (Fsp3) is 0.417. The van der Waals surface area contributed by atoms with Gasteiger partial charge in [0.05, 0.1) is 0 Å². The number of carbonyl (C=O) groups is 2. The Hall–Kier alpha value is -2.77. The minimum Gasteiger partial charge on any atom is -0.465 e. The molecule has 32 heavy (non-hydrogen) atoms. The van der Waals surface area contributed by atoms with Crippen molar-refractivity contribution < 1.29 is 19.4 Å². The van der Waals surface area contributed by atoms with Crippen LogP contribution in [0, 0.1) is 5.92 Å². The second-order valence-corrected chi connectivity index (χ2v) is 8.55. The van der Waals surface area contributed by atoms with E-state index in [4.69, 9.17) is 21.4 Å². The number of nitrogens with zero attached hydrogens (tertiary/aromatic N) is 1. The van der Waals surface area contributed by atoms with Gasteiger partial charge in [0, 0.05) is 30.6 Å². The van der Waals surface area contributed by atoms with E-state index in [9.17, 15) is 9.59 Å². The Morgan fingerprint density at radius 2 is 1.84 bits per heavy atom. The Labute approximate surface area is 193 Å². The van der Waals surface area contributed by atoms with Gasteiger partial charge < -0.3 is 20.5 Å². The van der Waals surface area contributed by atoms with E-state index < -0.39 is 6.09 Å². The zero-order chi connectivity index (χ0) is 23.1. The minimum atomic E-state index is -1.09. The van der Waals surface area contributed by atoms with Crippen molar-refractivity contribution in [2.75, 3.05) is 20.1 Å². The Morgan fingerprint density at radius 3 is 2.47 bits per heavy atom. The average molecular weight is 460 g/mol. The number of piperidine rings is 1. The van der Waals surface area contributed by atoms with E-state index in [1.807, 2.05) is 30.3 Å². The number of nitrogens with one attached hydrogen (secondary N) is 2. The van der Waals surface area contributed by atoms with Gasteiger partial charge >= 0.3 is 6.09 Å². The van der Waals surface area contributed by atoms with Crippen LogP contribution in [0.15, 0.2) is 48.5 Å². The van der Waals surface area contributed by atoms with Crippen molar-refractivity contribution in [3.8, 4) is 11.5 Å². The lowest BCUT2D eigenvalue weighted by molar-refractivity contribution is -0.121. The molecule has 8 heteroatoms. The number of amides is 2. The summed E-state index contributed by atoms with van der Waals surface area (Å²) in [6, 6.07) is 15.1. The largest absolute Gasteiger partial charge is 0.465 e. The van der Waals surface area contributed by atoms with Gasteiger partial charge in [-0.15, -0.1) is 0 Å². The first kappa shape index (κ1) is 23.9. The van der Waals surface area contributed by atoms with Gasteiger partial charge in [-0.1, -0.05) is 23.7 Å². The molecule has 0 spiro atoms. The van der Waals surface area contributed by atoms with Crippen LogP contribution in [0.5, 0.6) is 11.5 Å². The first-order valence-corrected chi connectivity index (χ1v) is 11.2. The van der Waals surface area contributed by atoms with Gasteiger partial charge in [-0.2, -0.15) is 0 Å². The fourth-order valence-electron chi connectivity index (χ4n) is 4.19. The molecule has 1 saturated heterocycles. The van der Waals surface area contributed by atoms with Crippen molar-refractivity contribution >= 4 is 23.6 Å². The molecule has 2 aromatic rings. The number of carboxylic acid groups (broad SMARTS) is 1. The SMILES string of the molecule is CNC(=O)CC(NC(=O)O)C1CCN(C(C)c2cccc(Oc3ccc(Cl)cc3)c2)CC1. The topological polar surface area (TPSA) is 90.9 Å². The highest BCUT2D eigenvalue weighted by Gasteiger charge is 2.31. The van der Waals surface area contributed by atoms with Crippen molar-refractivity contribution in [3.05, 3.63) is 59.1 Å². The molecule has 0 saturated carbocycles. The van der Waals surface area contributed by atoms with Gasteiger partial charge in [-0.25, -0.2) is 4.79 Å². The van der Waals surface area contributed by atoms with Crippen LogP contribution >= 0.6 is 11.6 Å². The number of halogens is 1. The van der Waals surface area contributed by atoms with E-state index in [0.717, 1.165) is 43.0 Å². The van der Waals surface area contributed by atoms with Crippen LogP contribution in [-0.4, -0.2) is 48.2 Å². The van der Waals surface area contributed by atoms with Crippen molar-refractivity contribution in [2.45, 2.75) is 38.3 Å². The average Bonchev–Trinajstić information content (AvgIpc) is 2.79. The highest BCUT2D eigenvalue weighted by atomic mass is 35.5. The molecule has 3 N–H and O–H groups in total. The zero-order valence-corrected chi connectivity index (χ0v) is 19.1. The Morgan fingerprint density at radius 1 is 1.16 bits per heavy atom. The molecule has 0 aromatic heterocycles. The lowest BCUT2D eigenvalue weighted by Crippen LogP contribution is -2.47. The summed E-state index contributed by atoms with van der Waals surface area (Å²) >= 11 is 5.94. The summed E-state index contributed by atoms with van der Waals surface area (Å²) < 4.78 is 5.97. The molecule has 1 fully saturated rings. The van der Waals surface area contributed by atoms with Crippen LogP contribution in [0.4, 0.5) is 4.79 Å². The number of benzene rings is 2. The molecule has 3 rings (SSSR count). The van der Waals surface area contributed by atoms with Crippen molar-refractivity contribution in [2.24, 2.45) is 5.92 Å². The number of hydrogen-bond donors (Lipinski definition) is 3.